The molecule has 21 heavy (non-hydrogen) atoms. The molecule has 1 amide bonds. The summed E-state index contributed by atoms with van der Waals surface area (Å²) in [6, 6.07) is 7.72. The van der Waals surface area contributed by atoms with Crippen LogP contribution in [0.1, 0.15) is 29.8 Å². The van der Waals surface area contributed by atoms with Crippen molar-refractivity contribution in [1.29, 1.82) is 0 Å². The lowest BCUT2D eigenvalue weighted by Gasteiger charge is -2.30. The van der Waals surface area contributed by atoms with E-state index in [9.17, 15) is 9.18 Å². The number of hydrogen-bond acceptors (Lipinski definition) is 3. The van der Waals surface area contributed by atoms with Crippen LogP contribution in [0.15, 0.2) is 41.0 Å². The van der Waals surface area contributed by atoms with E-state index in [0.29, 0.717) is 5.69 Å². The van der Waals surface area contributed by atoms with E-state index in [2.05, 4.69) is 10.2 Å². The van der Waals surface area contributed by atoms with Crippen molar-refractivity contribution in [3.05, 3.63) is 48.2 Å². The topological polar surface area (TPSA) is 45.5 Å². The molecule has 0 radical (unpaired) electrons. The first-order valence-corrected chi connectivity index (χ1v) is 7.13. The summed E-state index contributed by atoms with van der Waals surface area (Å²) in [5.74, 6) is -0.529. The van der Waals surface area contributed by atoms with Crippen molar-refractivity contribution in [3.8, 4) is 0 Å². The number of benzene rings is 1. The maximum Gasteiger partial charge on any atom is 0.291 e. The van der Waals surface area contributed by atoms with Crippen molar-refractivity contribution < 1.29 is 13.6 Å². The third-order valence-electron chi connectivity index (χ3n) is 3.65. The molecule has 0 atom stereocenters. The summed E-state index contributed by atoms with van der Waals surface area (Å²) in [5, 5.41) is 2.74. The van der Waals surface area contributed by atoms with Crippen LogP contribution >= 0.6 is 0 Å². The molecule has 0 bridgehead atoms. The molecule has 0 unspecified atom stereocenters. The third-order valence-corrected chi connectivity index (χ3v) is 3.65. The van der Waals surface area contributed by atoms with Crippen LogP contribution in [0, 0.1) is 5.82 Å². The van der Waals surface area contributed by atoms with Gasteiger partial charge in [-0.25, -0.2) is 4.39 Å². The maximum absolute atomic E-state index is 13.5. The predicted octanol–water partition coefficient (Wildman–Crippen LogP) is 3.66. The van der Waals surface area contributed by atoms with E-state index in [1.54, 1.807) is 18.2 Å². The normalized spacial score (nSPS) is 15.0. The average molecular weight is 288 g/mol. The van der Waals surface area contributed by atoms with Crippen molar-refractivity contribution in [2.45, 2.75) is 19.3 Å². The molecule has 1 aromatic heterocycles. The van der Waals surface area contributed by atoms with E-state index < -0.39 is 0 Å². The van der Waals surface area contributed by atoms with Crippen molar-refractivity contribution in [3.63, 3.8) is 0 Å². The molecular weight excluding hydrogens is 271 g/mol. The van der Waals surface area contributed by atoms with Crippen LogP contribution in [-0.2, 0) is 0 Å². The molecule has 1 fully saturated rings. The highest BCUT2D eigenvalue weighted by molar-refractivity contribution is 6.04. The summed E-state index contributed by atoms with van der Waals surface area (Å²) in [4.78, 5) is 14.3. The van der Waals surface area contributed by atoms with Gasteiger partial charge in [-0.1, -0.05) is 0 Å². The smallest absolute Gasteiger partial charge is 0.291 e. The molecule has 5 heteroatoms. The molecule has 1 aliphatic heterocycles. The summed E-state index contributed by atoms with van der Waals surface area (Å²) in [5.41, 5.74) is 1.34. The van der Waals surface area contributed by atoms with Gasteiger partial charge in [0, 0.05) is 13.1 Å². The Hall–Kier alpha value is -2.30. The van der Waals surface area contributed by atoms with Gasteiger partial charge in [0.25, 0.3) is 5.91 Å². The molecule has 1 aromatic carbocycles. The molecule has 2 aromatic rings. The van der Waals surface area contributed by atoms with E-state index in [4.69, 9.17) is 4.42 Å². The Morgan fingerprint density at radius 2 is 2.00 bits per heavy atom. The zero-order valence-electron chi connectivity index (χ0n) is 11.6. The number of amides is 1. The molecule has 1 aliphatic rings. The molecule has 4 nitrogen and oxygen atoms in total. The maximum atomic E-state index is 13.5. The van der Waals surface area contributed by atoms with Gasteiger partial charge < -0.3 is 14.6 Å². The Bertz CT molecular complexity index is 619. The highest BCUT2D eigenvalue weighted by atomic mass is 19.1. The fourth-order valence-electron chi connectivity index (χ4n) is 2.61. The van der Waals surface area contributed by atoms with E-state index >= 15 is 0 Å². The average Bonchev–Trinajstić information content (AvgIpc) is 3.03. The molecule has 110 valence electrons. The van der Waals surface area contributed by atoms with Crippen LogP contribution in [0.3, 0.4) is 0 Å². The summed E-state index contributed by atoms with van der Waals surface area (Å²) in [7, 11) is 0. The highest BCUT2D eigenvalue weighted by Crippen LogP contribution is 2.29. The molecule has 1 N–H and O–H groups in total. The second-order valence-corrected chi connectivity index (χ2v) is 5.14. The molecule has 0 saturated carbocycles. The van der Waals surface area contributed by atoms with Crippen molar-refractivity contribution in [1.82, 2.24) is 0 Å². The first-order chi connectivity index (χ1) is 10.2. The van der Waals surface area contributed by atoms with Gasteiger partial charge in [0.15, 0.2) is 5.76 Å². The summed E-state index contributed by atoms with van der Waals surface area (Å²) in [6.45, 7) is 1.85. The third kappa shape index (κ3) is 3.07. The minimum absolute atomic E-state index is 0.212. The fraction of sp³-hybridized carbons (Fsp3) is 0.312. The first-order valence-electron chi connectivity index (χ1n) is 7.13. The number of nitrogens with zero attached hydrogens (tertiary/aromatic N) is 1. The van der Waals surface area contributed by atoms with Crippen molar-refractivity contribution in [2.75, 3.05) is 23.3 Å². The number of halogens is 1. The Labute approximate surface area is 122 Å². The highest BCUT2D eigenvalue weighted by Gasteiger charge is 2.17. The minimum atomic E-state index is -0.371. The van der Waals surface area contributed by atoms with Crippen LogP contribution in [-0.4, -0.2) is 19.0 Å². The minimum Gasteiger partial charge on any atom is -0.459 e. The number of rotatable bonds is 3. The Morgan fingerprint density at radius 3 is 2.71 bits per heavy atom. The second-order valence-electron chi connectivity index (χ2n) is 5.14. The van der Waals surface area contributed by atoms with Crippen LogP contribution in [0.25, 0.3) is 0 Å². The molecule has 1 saturated heterocycles. The Balaban J connectivity index is 1.85. The van der Waals surface area contributed by atoms with Crippen molar-refractivity contribution in [2.24, 2.45) is 0 Å². The van der Waals surface area contributed by atoms with Gasteiger partial charge in [0.1, 0.15) is 5.82 Å². The van der Waals surface area contributed by atoms with Gasteiger partial charge in [-0.15, -0.1) is 0 Å². The number of nitrogens with one attached hydrogen (secondary N) is 1. The molecule has 0 aliphatic carbocycles. The number of hydrogen-bond donors (Lipinski definition) is 1. The van der Waals surface area contributed by atoms with Crippen LogP contribution < -0.4 is 10.2 Å². The lowest BCUT2D eigenvalue weighted by molar-refractivity contribution is 0.0996. The van der Waals surface area contributed by atoms with Gasteiger partial charge in [0.05, 0.1) is 17.6 Å². The lowest BCUT2D eigenvalue weighted by atomic mass is 10.1. The summed E-state index contributed by atoms with van der Waals surface area (Å²) < 4.78 is 18.6. The first kappa shape index (κ1) is 13.7. The van der Waals surface area contributed by atoms with Gasteiger partial charge in [-0.05, 0) is 49.6 Å². The number of carbonyl (C=O) groups is 1. The van der Waals surface area contributed by atoms with E-state index in [0.717, 1.165) is 31.6 Å². The summed E-state index contributed by atoms with van der Waals surface area (Å²) >= 11 is 0. The fourth-order valence-corrected chi connectivity index (χ4v) is 2.61. The summed E-state index contributed by atoms with van der Waals surface area (Å²) in [6.07, 6.45) is 4.88. The lowest BCUT2D eigenvalue weighted by Crippen LogP contribution is -2.30. The number of anilines is 2. The monoisotopic (exact) mass is 288 g/mol. The molecule has 2 heterocycles. The number of carbonyl (C=O) groups excluding carboxylic acids is 1. The van der Waals surface area contributed by atoms with Crippen molar-refractivity contribution >= 4 is 17.3 Å². The van der Waals surface area contributed by atoms with Crippen LogP contribution in [0.4, 0.5) is 15.8 Å². The standard InChI is InChI=1S/C16H17FN2O2/c17-12-6-7-14(19-8-2-1-3-9-19)13(11-12)18-16(20)15-5-4-10-21-15/h4-7,10-11H,1-3,8-9H2,(H,18,20). The van der Waals surface area contributed by atoms with Gasteiger partial charge in [0.2, 0.25) is 0 Å². The zero-order chi connectivity index (χ0) is 14.7. The second kappa shape index (κ2) is 5.99. The predicted molar refractivity (Wildman–Crippen MR) is 79.1 cm³/mol. The van der Waals surface area contributed by atoms with E-state index in [1.165, 1.54) is 24.8 Å². The quantitative estimate of drug-likeness (QED) is 0.937. The Morgan fingerprint density at radius 1 is 1.19 bits per heavy atom. The largest absolute Gasteiger partial charge is 0.459 e. The van der Waals surface area contributed by atoms with E-state index in [-0.39, 0.29) is 17.5 Å². The van der Waals surface area contributed by atoms with Gasteiger partial charge in [-0.3, -0.25) is 4.79 Å². The molecule has 0 spiro atoms. The van der Waals surface area contributed by atoms with E-state index in [1.807, 2.05) is 0 Å². The SMILES string of the molecule is O=C(Nc1cc(F)ccc1N1CCCCC1)c1ccco1. The number of furan rings is 1. The van der Waals surface area contributed by atoms with Crippen LogP contribution in [0.2, 0.25) is 0 Å². The van der Waals surface area contributed by atoms with Gasteiger partial charge >= 0.3 is 0 Å². The molecule has 3 rings (SSSR count). The van der Waals surface area contributed by atoms with Gasteiger partial charge in [-0.2, -0.15) is 0 Å². The molecular formula is C16H17FN2O2. The zero-order valence-corrected chi connectivity index (χ0v) is 11.6. The Kier molecular flexibility index (Phi) is 3.90. The number of piperidine rings is 1. The van der Waals surface area contributed by atoms with Crippen LogP contribution in [0.5, 0.6) is 0 Å².